The van der Waals surface area contributed by atoms with E-state index in [2.05, 4.69) is 10.6 Å². The lowest BCUT2D eigenvalue weighted by Gasteiger charge is -2.18. The second-order valence-electron chi connectivity index (χ2n) is 6.21. The molecule has 0 spiro atoms. The van der Waals surface area contributed by atoms with Gasteiger partial charge >= 0.3 is 0 Å². The smallest absolute Gasteiger partial charge is 0.251 e. The zero-order valence-electron chi connectivity index (χ0n) is 16.2. The molecule has 28 heavy (non-hydrogen) atoms. The maximum atomic E-state index is 12.5. The highest BCUT2D eigenvalue weighted by Crippen LogP contribution is 2.18. The summed E-state index contributed by atoms with van der Waals surface area (Å²) in [4.78, 5) is 24.2. The third-order valence-electron chi connectivity index (χ3n) is 4.20. The lowest BCUT2D eigenvalue weighted by Crippen LogP contribution is -2.33. The van der Waals surface area contributed by atoms with Gasteiger partial charge in [0, 0.05) is 24.3 Å². The molecule has 7 nitrogen and oxygen atoms in total. The lowest BCUT2D eigenvalue weighted by atomic mass is 10.1. The number of nitrogens with zero attached hydrogens (tertiary/aromatic N) is 1. The van der Waals surface area contributed by atoms with Gasteiger partial charge in [0.05, 0.1) is 11.4 Å². The SMILES string of the molecule is CCN(CC)S(=O)(=O)c1ccc(NC(=O)CNC(=O)c2ccc(C)cc2)cc1. The Kier molecular flexibility index (Phi) is 7.31. The molecule has 0 aliphatic carbocycles. The summed E-state index contributed by atoms with van der Waals surface area (Å²) in [5.74, 6) is -0.740. The number of benzene rings is 2. The average Bonchev–Trinajstić information content (AvgIpc) is 2.68. The van der Waals surface area contributed by atoms with E-state index >= 15 is 0 Å². The van der Waals surface area contributed by atoms with Crippen LogP contribution in [0.5, 0.6) is 0 Å². The first kappa shape index (κ1) is 21.6. The van der Waals surface area contributed by atoms with Crippen molar-refractivity contribution < 1.29 is 18.0 Å². The number of hydrogen-bond donors (Lipinski definition) is 2. The first-order valence-electron chi connectivity index (χ1n) is 9.02. The van der Waals surface area contributed by atoms with Crippen LogP contribution >= 0.6 is 0 Å². The van der Waals surface area contributed by atoms with Gasteiger partial charge in [-0.05, 0) is 43.3 Å². The maximum absolute atomic E-state index is 12.5. The first-order chi connectivity index (χ1) is 13.3. The van der Waals surface area contributed by atoms with Crippen LogP contribution in [0.3, 0.4) is 0 Å². The Morgan fingerprint density at radius 3 is 2.04 bits per heavy atom. The quantitative estimate of drug-likeness (QED) is 0.707. The van der Waals surface area contributed by atoms with Crippen molar-refractivity contribution >= 4 is 27.5 Å². The molecular formula is C20H25N3O4S. The summed E-state index contributed by atoms with van der Waals surface area (Å²) in [6.07, 6.45) is 0. The highest BCUT2D eigenvalue weighted by Gasteiger charge is 2.21. The van der Waals surface area contributed by atoms with E-state index < -0.39 is 15.9 Å². The van der Waals surface area contributed by atoms with Crippen LogP contribution in [0.25, 0.3) is 0 Å². The number of sulfonamides is 1. The van der Waals surface area contributed by atoms with Gasteiger partial charge in [-0.15, -0.1) is 0 Å². The van der Waals surface area contributed by atoms with Gasteiger partial charge in [0.2, 0.25) is 15.9 Å². The Hall–Kier alpha value is -2.71. The second kappa shape index (κ2) is 9.48. The van der Waals surface area contributed by atoms with Crippen molar-refractivity contribution in [3.8, 4) is 0 Å². The number of nitrogens with one attached hydrogen (secondary N) is 2. The minimum atomic E-state index is -3.54. The van der Waals surface area contributed by atoms with Crippen molar-refractivity contribution in [3.05, 3.63) is 59.7 Å². The molecule has 0 aliphatic rings. The molecule has 0 heterocycles. The molecule has 0 saturated heterocycles. The molecule has 0 radical (unpaired) electrons. The predicted octanol–water partition coefficient (Wildman–Crippen LogP) is 2.39. The number of rotatable bonds is 8. The summed E-state index contributed by atoms with van der Waals surface area (Å²) in [6.45, 7) is 6.07. The van der Waals surface area contributed by atoms with Crippen LogP contribution < -0.4 is 10.6 Å². The standard InChI is InChI=1S/C20H25N3O4S/c1-4-23(5-2)28(26,27)18-12-10-17(11-13-18)22-19(24)14-21-20(25)16-8-6-15(3)7-9-16/h6-13H,4-5,14H2,1-3H3,(H,21,25)(H,22,24). The summed E-state index contributed by atoms with van der Waals surface area (Å²) >= 11 is 0. The van der Waals surface area contributed by atoms with Gasteiger partial charge < -0.3 is 10.6 Å². The van der Waals surface area contributed by atoms with Gasteiger partial charge in [0.25, 0.3) is 5.91 Å². The zero-order valence-corrected chi connectivity index (χ0v) is 17.0. The van der Waals surface area contributed by atoms with Gasteiger partial charge in [-0.1, -0.05) is 31.5 Å². The van der Waals surface area contributed by atoms with Crippen LogP contribution in [-0.2, 0) is 14.8 Å². The number of hydrogen-bond acceptors (Lipinski definition) is 4. The van der Waals surface area contributed by atoms with Crippen LogP contribution in [0.15, 0.2) is 53.4 Å². The van der Waals surface area contributed by atoms with Crippen LogP contribution in [0.4, 0.5) is 5.69 Å². The fourth-order valence-electron chi connectivity index (χ4n) is 2.60. The normalized spacial score (nSPS) is 11.3. The molecule has 2 rings (SSSR count). The van der Waals surface area contributed by atoms with Crippen LogP contribution in [0.1, 0.15) is 29.8 Å². The second-order valence-corrected chi connectivity index (χ2v) is 8.15. The molecule has 0 atom stereocenters. The van der Waals surface area contributed by atoms with Crippen molar-refractivity contribution in [1.29, 1.82) is 0 Å². The van der Waals surface area contributed by atoms with Gasteiger partial charge in [-0.3, -0.25) is 9.59 Å². The minimum Gasteiger partial charge on any atom is -0.343 e. The molecular weight excluding hydrogens is 378 g/mol. The number of amides is 2. The van der Waals surface area contributed by atoms with Crippen molar-refractivity contribution in [2.75, 3.05) is 25.0 Å². The molecule has 2 N–H and O–H groups in total. The Morgan fingerprint density at radius 2 is 1.50 bits per heavy atom. The third-order valence-corrected chi connectivity index (χ3v) is 6.27. The molecule has 150 valence electrons. The highest BCUT2D eigenvalue weighted by molar-refractivity contribution is 7.89. The largest absolute Gasteiger partial charge is 0.343 e. The molecule has 0 bridgehead atoms. The van der Waals surface area contributed by atoms with Crippen molar-refractivity contribution in [2.24, 2.45) is 0 Å². The van der Waals surface area contributed by atoms with E-state index in [4.69, 9.17) is 0 Å². The topological polar surface area (TPSA) is 95.6 Å². The summed E-state index contributed by atoms with van der Waals surface area (Å²) < 4.78 is 26.3. The third kappa shape index (κ3) is 5.40. The zero-order chi connectivity index (χ0) is 20.7. The molecule has 0 aliphatic heterocycles. The van der Waals surface area contributed by atoms with E-state index in [0.717, 1.165) is 5.56 Å². The Bertz CT molecular complexity index is 919. The lowest BCUT2D eigenvalue weighted by molar-refractivity contribution is -0.115. The van der Waals surface area contributed by atoms with E-state index in [1.807, 2.05) is 19.1 Å². The van der Waals surface area contributed by atoms with E-state index in [0.29, 0.717) is 24.3 Å². The first-order valence-corrected chi connectivity index (χ1v) is 10.5. The number of aryl methyl sites for hydroxylation is 1. The highest BCUT2D eigenvalue weighted by atomic mass is 32.2. The summed E-state index contributed by atoms with van der Waals surface area (Å²) in [7, 11) is -3.54. The predicted molar refractivity (Wildman–Crippen MR) is 109 cm³/mol. The fraction of sp³-hybridized carbons (Fsp3) is 0.300. The fourth-order valence-corrected chi connectivity index (χ4v) is 4.05. The number of carbonyl (C=O) groups is 2. The Labute approximate surface area is 165 Å². The molecule has 0 unspecified atom stereocenters. The van der Waals surface area contributed by atoms with Crippen molar-refractivity contribution in [2.45, 2.75) is 25.7 Å². The molecule has 2 aromatic rings. The van der Waals surface area contributed by atoms with E-state index in [1.165, 1.54) is 28.6 Å². The van der Waals surface area contributed by atoms with Gasteiger partial charge in [0.1, 0.15) is 0 Å². The summed E-state index contributed by atoms with van der Waals surface area (Å²) in [5.41, 5.74) is 1.97. The number of carbonyl (C=O) groups excluding carboxylic acids is 2. The minimum absolute atomic E-state index is 0.168. The Balaban J connectivity index is 1.94. The molecule has 8 heteroatoms. The average molecular weight is 404 g/mol. The maximum Gasteiger partial charge on any atom is 0.251 e. The molecule has 0 aromatic heterocycles. The van der Waals surface area contributed by atoms with Crippen LogP contribution in [0, 0.1) is 6.92 Å². The summed E-state index contributed by atoms with van der Waals surface area (Å²) in [6, 6.07) is 13.0. The monoisotopic (exact) mass is 403 g/mol. The van der Waals surface area contributed by atoms with E-state index in [1.54, 1.807) is 26.0 Å². The van der Waals surface area contributed by atoms with Crippen LogP contribution in [0.2, 0.25) is 0 Å². The van der Waals surface area contributed by atoms with Crippen molar-refractivity contribution in [3.63, 3.8) is 0 Å². The number of anilines is 1. The van der Waals surface area contributed by atoms with Crippen LogP contribution in [-0.4, -0.2) is 44.2 Å². The molecule has 0 saturated carbocycles. The van der Waals surface area contributed by atoms with E-state index in [-0.39, 0.29) is 17.3 Å². The van der Waals surface area contributed by atoms with Crippen molar-refractivity contribution in [1.82, 2.24) is 9.62 Å². The van der Waals surface area contributed by atoms with Gasteiger partial charge in [-0.25, -0.2) is 8.42 Å². The Morgan fingerprint density at radius 1 is 0.929 bits per heavy atom. The molecule has 0 fully saturated rings. The van der Waals surface area contributed by atoms with Gasteiger partial charge in [-0.2, -0.15) is 4.31 Å². The molecule has 2 aromatic carbocycles. The van der Waals surface area contributed by atoms with Gasteiger partial charge in [0.15, 0.2) is 0 Å². The summed E-state index contributed by atoms with van der Waals surface area (Å²) in [5, 5.41) is 5.18. The van der Waals surface area contributed by atoms with E-state index in [9.17, 15) is 18.0 Å². The molecule has 2 amide bonds.